The van der Waals surface area contributed by atoms with E-state index in [-0.39, 0.29) is 17.3 Å². The molecule has 0 spiro atoms. The van der Waals surface area contributed by atoms with Gasteiger partial charge in [-0.2, -0.15) is 0 Å². The number of methoxy groups -OCH3 is 1. The van der Waals surface area contributed by atoms with Crippen molar-refractivity contribution in [1.29, 1.82) is 0 Å². The standard InChI is InChI=1S/C27H30FN3O4S/c1-35-25-12-14-26(15-13-25)36(33,34)31(27(32)22-6-3-2-4-7-22)17-5-16-29-18-20-30(21-19-29)24-10-8-23(28)9-11-24/h2-4,6-15H,5,16-21H2,1H3. The van der Waals surface area contributed by atoms with E-state index in [2.05, 4.69) is 9.80 Å². The average Bonchev–Trinajstić information content (AvgIpc) is 2.92. The third kappa shape index (κ3) is 6.03. The number of benzene rings is 3. The Morgan fingerprint density at radius 3 is 2.17 bits per heavy atom. The Hall–Kier alpha value is -3.43. The molecule has 0 aromatic heterocycles. The molecule has 0 bridgehead atoms. The van der Waals surface area contributed by atoms with Crippen molar-refractivity contribution < 1.29 is 22.3 Å². The predicted molar refractivity (Wildman–Crippen MR) is 137 cm³/mol. The summed E-state index contributed by atoms with van der Waals surface area (Å²) >= 11 is 0. The number of rotatable bonds is 9. The van der Waals surface area contributed by atoms with Crippen LogP contribution in [-0.2, 0) is 10.0 Å². The number of sulfonamides is 1. The zero-order chi connectivity index (χ0) is 25.5. The van der Waals surface area contributed by atoms with E-state index in [1.165, 1.54) is 31.4 Å². The molecule has 9 heteroatoms. The lowest BCUT2D eigenvalue weighted by atomic mass is 10.2. The van der Waals surface area contributed by atoms with E-state index in [9.17, 15) is 17.6 Å². The highest BCUT2D eigenvalue weighted by molar-refractivity contribution is 7.89. The van der Waals surface area contributed by atoms with E-state index < -0.39 is 15.9 Å². The van der Waals surface area contributed by atoms with Crippen LogP contribution in [0.1, 0.15) is 16.8 Å². The number of ether oxygens (including phenoxy) is 1. The number of amides is 1. The molecule has 3 aromatic carbocycles. The summed E-state index contributed by atoms with van der Waals surface area (Å²) < 4.78 is 46.3. The lowest BCUT2D eigenvalue weighted by Gasteiger charge is -2.36. The molecule has 1 amide bonds. The molecule has 1 aliphatic rings. The van der Waals surface area contributed by atoms with Gasteiger partial charge in [0.15, 0.2) is 0 Å². The minimum Gasteiger partial charge on any atom is -0.497 e. The first-order valence-corrected chi connectivity index (χ1v) is 13.3. The molecule has 36 heavy (non-hydrogen) atoms. The van der Waals surface area contributed by atoms with Crippen molar-refractivity contribution in [2.45, 2.75) is 11.3 Å². The molecule has 1 aliphatic heterocycles. The molecular formula is C27H30FN3O4S. The number of hydrogen-bond acceptors (Lipinski definition) is 6. The minimum atomic E-state index is -4.05. The molecule has 3 aromatic rings. The lowest BCUT2D eigenvalue weighted by Crippen LogP contribution is -2.47. The van der Waals surface area contributed by atoms with Crippen LogP contribution in [0.4, 0.5) is 10.1 Å². The molecule has 1 heterocycles. The maximum atomic E-state index is 13.5. The van der Waals surface area contributed by atoms with Gasteiger partial charge < -0.3 is 9.64 Å². The van der Waals surface area contributed by atoms with Gasteiger partial charge in [0.1, 0.15) is 11.6 Å². The van der Waals surface area contributed by atoms with Gasteiger partial charge in [-0.1, -0.05) is 18.2 Å². The van der Waals surface area contributed by atoms with Gasteiger partial charge in [0.25, 0.3) is 15.9 Å². The number of carbonyl (C=O) groups excluding carboxylic acids is 1. The molecule has 0 radical (unpaired) electrons. The van der Waals surface area contributed by atoms with E-state index in [0.29, 0.717) is 24.3 Å². The molecule has 1 saturated heterocycles. The number of piperazine rings is 1. The summed E-state index contributed by atoms with van der Waals surface area (Å²) in [6, 6.07) is 21.0. The SMILES string of the molecule is COc1ccc(S(=O)(=O)N(CCCN2CCN(c3ccc(F)cc3)CC2)C(=O)c2ccccc2)cc1. The molecule has 0 unspecified atom stereocenters. The van der Waals surface area contributed by atoms with Crippen LogP contribution in [0.25, 0.3) is 0 Å². The van der Waals surface area contributed by atoms with Crippen molar-refractivity contribution >= 4 is 21.6 Å². The number of carbonyl (C=O) groups is 1. The van der Waals surface area contributed by atoms with Gasteiger partial charge in [-0.25, -0.2) is 17.1 Å². The topological polar surface area (TPSA) is 70.2 Å². The van der Waals surface area contributed by atoms with E-state index in [1.807, 2.05) is 0 Å². The lowest BCUT2D eigenvalue weighted by molar-refractivity contribution is 0.0856. The Balaban J connectivity index is 1.41. The highest BCUT2D eigenvalue weighted by Crippen LogP contribution is 2.22. The maximum absolute atomic E-state index is 13.5. The van der Waals surface area contributed by atoms with Crippen LogP contribution in [-0.4, -0.2) is 69.9 Å². The Morgan fingerprint density at radius 2 is 1.56 bits per heavy atom. The van der Waals surface area contributed by atoms with Gasteiger partial charge in [-0.15, -0.1) is 0 Å². The fraction of sp³-hybridized carbons (Fsp3) is 0.296. The molecule has 0 aliphatic carbocycles. The van der Waals surface area contributed by atoms with Crippen molar-refractivity contribution in [1.82, 2.24) is 9.21 Å². The minimum absolute atomic E-state index is 0.0421. The number of halogens is 1. The first-order valence-electron chi connectivity index (χ1n) is 11.9. The van der Waals surface area contributed by atoms with Crippen LogP contribution >= 0.6 is 0 Å². The number of nitrogens with zero attached hydrogens (tertiary/aromatic N) is 3. The van der Waals surface area contributed by atoms with Crippen LogP contribution in [0.15, 0.2) is 83.8 Å². The Kier molecular flexibility index (Phi) is 8.22. The van der Waals surface area contributed by atoms with E-state index in [1.54, 1.807) is 54.6 Å². The first kappa shape index (κ1) is 25.7. The average molecular weight is 512 g/mol. The monoisotopic (exact) mass is 511 g/mol. The van der Waals surface area contributed by atoms with Crippen LogP contribution in [0, 0.1) is 5.82 Å². The first-order chi connectivity index (χ1) is 17.4. The van der Waals surface area contributed by atoms with E-state index in [0.717, 1.165) is 36.2 Å². The van der Waals surface area contributed by atoms with E-state index in [4.69, 9.17) is 4.74 Å². The van der Waals surface area contributed by atoms with Gasteiger partial charge in [0.2, 0.25) is 0 Å². The number of anilines is 1. The summed E-state index contributed by atoms with van der Waals surface area (Å²) in [4.78, 5) is 17.8. The highest BCUT2D eigenvalue weighted by atomic mass is 32.2. The maximum Gasteiger partial charge on any atom is 0.267 e. The van der Waals surface area contributed by atoms with Crippen LogP contribution in [0.3, 0.4) is 0 Å². The molecule has 1 fully saturated rings. The van der Waals surface area contributed by atoms with Crippen molar-refractivity contribution in [2.24, 2.45) is 0 Å². The summed E-state index contributed by atoms with van der Waals surface area (Å²) in [6.07, 6.45) is 0.504. The highest BCUT2D eigenvalue weighted by Gasteiger charge is 2.30. The van der Waals surface area contributed by atoms with Crippen molar-refractivity contribution in [3.8, 4) is 5.75 Å². The normalized spacial score (nSPS) is 14.4. The number of hydrogen-bond donors (Lipinski definition) is 0. The van der Waals surface area contributed by atoms with Crippen LogP contribution in [0.2, 0.25) is 0 Å². The summed E-state index contributed by atoms with van der Waals surface area (Å²) in [5.41, 5.74) is 1.31. The summed E-state index contributed by atoms with van der Waals surface area (Å²) in [7, 11) is -2.55. The molecule has 0 saturated carbocycles. The fourth-order valence-electron chi connectivity index (χ4n) is 4.25. The molecular weight excluding hydrogens is 481 g/mol. The van der Waals surface area contributed by atoms with E-state index >= 15 is 0 Å². The van der Waals surface area contributed by atoms with Gasteiger partial charge in [-0.3, -0.25) is 9.69 Å². The van der Waals surface area contributed by atoms with Crippen LogP contribution in [0.5, 0.6) is 5.75 Å². The van der Waals surface area contributed by atoms with Gasteiger partial charge in [0, 0.05) is 50.5 Å². The molecule has 190 valence electrons. The third-order valence-electron chi connectivity index (χ3n) is 6.29. The second-order valence-corrected chi connectivity index (χ2v) is 10.4. The van der Waals surface area contributed by atoms with Crippen molar-refractivity contribution in [2.75, 3.05) is 51.3 Å². The largest absolute Gasteiger partial charge is 0.497 e. The van der Waals surface area contributed by atoms with Gasteiger partial charge in [-0.05, 0) is 67.1 Å². The fourth-order valence-corrected chi connectivity index (χ4v) is 5.68. The summed E-state index contributed by atoms with van der Waals surface area (Å²) in [5, 5.41) is 0. The third-order valence-corrected chi connectivity index (χ3v) is 8.09. The molecule has 0 atom stereocenters. The molecule has 4 rings (SSSR count). The van der Waals surface area contributed by atoms with Gasteiger partial charge >= 0.3 is 0 Å². The second kappa shape index (κ2) is 11.5. The Bertz CT molecular complexity index is 1240. The van der Waals surface area contributed by atoms with Crippen LogP contribution < -0.4 is 9.64 Å². The second-order valence-electron chi connectivity index (χ2n) is 8.58. The Morgan fingerprint density at radius 1 is 0.917 bits per heavy atom. The summed E-state index contributed by atoms with van der Waals surface area (Å²) in [5.74, 6) is -0.265. The summed E-state index contributed by atoms with van der Waals surface area (Å²) in [6.45, 7) is 3.92. The quantitative estimate of drug-likeness (QED) is 0.434. The molecule has 0 N–H and O–H groups in total. The van der Waals surface area contributed by atoms with Crippen molar-refractivity contribution in [3.63, 3.8) is 0 Å². The smallest absolute Gasteiger partial charge is 0.267 e. The zero-order valence-electron chi connectivity index (χ0n) is 20.2. The Labute approximate surface area is 211 Å². The van der Waals surface area contributed by atoms with Crippen molar-refractivity contribution in [3.05, 3.63) is 90.2 Å². The molecule has 7 nitrogen and oxygen atoms in total. The van der Waals surface area contributed by atoms with Gasteiger partial charge in [0.05, 0.1) is 12.0 Å². The predicted octanol–water partition coefficient (Wildman–Crippen LogP) is 3.88. The zero-order valence-corrected chi connectivity index (χ0v) is 21.0.